The monoisotopic (exact) mass is 342 g/mol. The predicted molar refractivity (Wildman–Crippen MR) is 90.2 cm³/mol. The van der Waals surface area contributed by atoms with Crippen LogP contribution in [0, 0.1) is 6.92 Å². The highest BCUT2D eigenvalue weighted by molar-refractivity contribution is 6.31. The number of nitrogens with zero attached hydrogens (tertiary/aromatic N) is 4. The molecule has 0 saturated heterocycles. The van der Waals surface area contributed by atoms with Crippen LogP contribution in [0.15, 0.2) is 35.6 Å². The number of pyridine rings is 2. The standard InChI is InChI=1S/C17H15ClN4O2/c1-10-13-7-21(8-14(13)20(2)17(24)15(10)18)16(23)11-3-4-12-5-19-9-22(12)6-11/h3-6,9H,7-8H2,1-2H3. The summed E-state index contributed by atoms with van der Waals surface area (Å²) in [6.45, 7) is 2.68. The van der Waals surface area contributed by atoms with Crippen molar-refractivity contribution in [2.24, 2.45) is 7.05 Å². The largest absolute Gasteiger partial charge is 0.328 e. The highest BCUT2D eigenvalue weighted by Crippen LogP contribution is 2.28. The average Bonchev–Trinajstić information content (AvgIpc) is 3.23. The number of aromatic nitrogens is 3. The fraction of sp³-hybridized carbons (Fsp3) is 0.235. The molecule has 122 valence electrons. The van der Waals surface area contributed by atoms with Gasteiger partial charge in [-0.05, 0) is 30.2 Å². The van der Waals surface area contributed by atoms with E-state index in [2.05, 4.69) is 4.98 Å². The van der Waals surface area contributed by atoms with Gasteiger partial charge < -0.3 is 13.9 Å². The van der Waals surface area contributed by atoms with E-state index in [4.69, 9.17) is 11.6 Å². The molecule has 0 aromatic carbocycles. The van der Waals surface area contributed by atoms with Gasteiger partial charge in [0.25, 0.3) is 11.5 Å². The number of halogens is 1. The quantitative estimate of drug-likeness (QED) is 0.681. The summed E-state index contributed by atoms with van der Waals surface area (Å²) in [5, 5.41) is 0.227. The van der Waals surface area contributed by atoms with Crippen LogP contribution < -0.4 is 5.56 Å². The van der Waals surface area contributed by atoms with Crippen molar-refractivity contribution in [2.75, 3.05) is 0 Å². The zero-order valence-corrected chi connectivity index (χ0v) is 14.0. The van der Waals surface area contributed by atoms with E-state index < -0.39 is 0 Å². The Morgan fingerprint density at radius 1 is 1.29 bits per heavy atom. The van der Waals surface area contributed by atoms with Crippen LogP contribution >= 0.6 is 11.6 Å². The fourth-order valence-corrected chi connectivity index (χ4v) is 3.43. The highest BCUT2D eigenvalue weighted by Gasteiger charge is 2.29. The molecule has 7 heteroatoms. The van der Waals surface area contributed by atoms with Crippen molar-refractivity contribution in [3.63, 3.8) is 0 Å². The number of amides is 1. The number of carbonyl (C=O) groups is 1. The van der Waals surface area contributed by atoms with Crippen LogP contribution in [0.25, 0.3) is 5.52 Å². The Bertz CT molecular complexity index is 1050. The van der Waals surface area contributed by atoms with Gasteiger partial charge in [0.05, 0.1) is 30.1 Å². The first-order chi connectivity index (χ1) is 11.5. The third-order valence-corrected chi connectivity index (χ3v) is 5.10. The first kappa shape index (κ1) is 15.0. The lowest BCUT2D eigenvalue weighted by atomic mass is 10.1. The van der Waals surface area contributed by atoms with Crippen LogP contribution in [0.5, 0.6) is 0 Å². The van der Waals surface area contributed by atoms with Gasteiger partial charge in [0.15, 0.2) is 0 Å². The van der Waals surface area contributed by atoms with Crippen molar-refractivity contribution in [2.45, 2.75) is 20.0 Å². The molecule has 0 spiro atoms. The summed E-state index contributed by atoms with van der Waals surface area (Å²) in [7, 11) is 1.69. The molecule has 0 radical (unpaired) electrons. The molecule has 0 fully saturated rings. The Kier molecular flexibility index (Phi) is 3.25. The van der Waals surface area contributed by atoms with Gasteiger partial charge in [-0.3, -0.25) is 9.59 Å². The first-order valence-electron chi connectivity index (χ1n) is 7.55. The van der Waals surface area contributed by atoms with Crippen LogP contribution in [0.4, 0.5) is 0 Å². The van der Waals surface area contributed by atoms with Crippen LogP contribution in [0.2, 0.25) is 5.02 Å². The average molecular weight is 343 g/mol. The molecule has 24 heavy (non-hydrogen) atoms. The van der Waals surface area contributed by atoms with Gasteiger partial charge in [0.2, 0.25) is 0 Å². The number of hydrogen-bond acceptors (Lipinski definition) is 3. The lowest BCUT2D eigenvalue weighted by molar-refractivity contribution is 0.0749. The molecule has 0 saturated carbocycles. The molecule has 6 nitrogen and oxygen atoms in total. The number of rotatable bonds is 1. The van der Waals surface area contributed by atoms with Gasteiger partial charge in [-0.15, -0.1) is 0 Å². The maximum Gasteiger partial charge on any atom is 0.269 e. The zero-order valence-electron chi connectivity index (χ0n) is 13.3. The summed E-state index contributed by atoms with van der Waals surface area (Å²) in [5.74, 6) is -0.0789. The molecule has 0 unspecified atom stereocenters. The molecule has 1 aliphatic rings. The van der Waals surface area contributed by atoms with Crippen molar-refractivity contribution in [1.29, 1.82) is 0 Å². The number of imidazole rings is 1. The SMILES string of the molecule is Cc1c2c(n(C)c(=O)c1Cl)CN(C(=O)c1ccc3cncn3c1)C2. The Morgan fingerprint density at radius 2 is 2.08 bits per heavy atom. The van der Waals surface area contributed by atoms with Gasteiger partial charge in [0, 0.05) is 25.5 Å². The molecule has 3 aromatic rings. The summed E-state index contributed by atoms with van der Waals surface area (Å²) >= 11 is 6.12. The summed E-state index contributed by atoms with van der Waals surface area (Å²) < 4.78 is 3.35. The summed E-state index contributed by atoms with van der Waals surface area (Å²) in [6, 6.07) is 3.66. The van der Waals surface area contributed by atoms with E-state index in [0.717, 1.165) is 22.3 Å². The van der Waals surface area contributed by atoms with Gasteiger partial charge in [-0.25, -0.2) is 4.98 Å². The Morgan fingerprint density at radius 3 is 2.88 bits per heavy atom. The van der Waals surface area contributed by atoms with E-state index in [-0.39, 0.29) is 16.5 Å². The van der Waals surface area contributed by atoms with Gasteiger partial charge in [-0.2, -0.15) is 0 Å². The normalized spacial score (nSPS) is 13.5. The second-order valence-corrected chi connectivity index (χ2v) is 6.41. The molecular formula is C17H15ClN4O2. The molecule has 4 heterocycles. The third-order valence-electron chi connectivity index (χ3n) is 4.66. The molecule has 0 bridgehead atoms. The Balaban J connectivity index is 1.71. The predicted octanol–water partition coefficient (Wildman–Crippen LogP) is 2.15. The molecule has 0 N–H and O–H groups in total. The summed E-state index contributed by atoms with van der Waals surface area (Å²) in [6.07, 6.45) is 5.17. The number of carbonyl (C=O) groups excluding carboxylic acids is 1. The number of fused-ring (bicyclic) bond motifs is 2. The molecule has 0 aliphatic carbocycles. The van der Waals surface area contributed by atoms with E-state index in [0.29, 0.717) is 18.7 Å². The van der Waals surface area contributed by atoms with Crippen molar-refractivity contribution >= 4 is 23.0 Å². The van der Waals surface area contributed by atoms with Crippen molar-refractivity contribution in [1.82, 2.24) is 18.9 Å². The van der Waals surface area contributed by atoms with Crippen molar-refractivity contribution < 1.29 is 4.79 Å². The lowest BCUT2D eigenvalue weighted by Gasteiger charge is -2.15. The molecule has 0 atom stereocenters. The van der Waals surface area contributed by atoms with E-state index in [1.807, 2.05) is 17.4 Å². The molecule has 1 aliphatic heterocycles. The van der Waals surface area contributed by atoms with E-state index in [1.54, 1.807) is 36.7 Å². The Hall–Kier alpha value is -2.60. The topological polar surface area (TPSA) is 59.6 Å². The van der Waals surface area contributed by atoms with E-state index >= 15 is 0 Å². The van der Waals surface area contributed by atoms with Gasteiger partial charge in [0.1, 0.15) is 5.02 Å². The smallest absolute Gasteiger partial charge is 0.269 e. The number of hydrogen-bond donors (Lipinski definition) is 0. The second kappa shape index (κ2) is 5.21. The molecule has 4 rings (SSSR count). The van der Waals surface area contributed by atoms with Gasteiger partial charge >= 0.3 is 0 Å². The van der Waals surface area contributed by atoms with Crippen LogP contribution in [-0.2, 0) is 20.1 Å². The second-order valence-electron chi connectivity index (χ2n) is 6.03. The lowest BCUT2D eigenvalue weighted by Crippen LogP contribution is -2.26. The highest BCUT2D eigenvalue weighted by atomic mass is 35.5. The van der Waals surface area contributed by atoms with Crippen molar-refractivity contribution in [3.05, 3.63) is 68.6 Å². The van der Waals surface area contributed by atoms with Crippen LogP contribution in [0.1, 0.15) is 27.2 Å². The van der Waals surface area contributed by atoms with Crippen molar-refractivity contribution in [3.8, 4) is 0 Å². The Labute approximate surface area is 142 Å². The van der Waals surface area contributed by atoms with E-state index in [9.17, 15) is 9.59 Å². The van der Waals surface area contributed by atoms with Crippen LogP contribution in [0.3, 0.4) is 0 Å². The maximum absolute atomic E-state index is 12.8. The minimum absolute atomic E-state index is 0.0789. The third kappa shape index (κ3) is 2.06. The minimum Gasteiger partial charge on any atom is -0.328 e. The molecular weight excluding hydrogens is 328 g/mol. The minimum atomic E-state index is -0.220. The summed E-state index contributed by atoms with van der Waals surface area (Å²) in [4.78, 5) is 30.8. The first-order valence-corrected chi connectivity index (χ1v) is 7.93. The van der Waals surface area contributed by atoms with Gasteiger partial charge in [-0.1, -0.05) is 11.6 Å². The maximum atomic E-state index is 12.8. The van der Waals surface area contributed by atoms with E-state index in [1.165, 1.54) is 4.57 Å². The molecule has 3 aromatic heterocycles. The molecule has 1 amide bonds. The fourth-order valence-electron chi connectivity index (χ4n) is 3.19. The zero-order chi connectivity index (χ0) is 17.0. The van der Waals surface area contributed by atoms with Crippen LogP contribution in [-0.4, -0.2) is 24.8 Å². The summed E-state index contributed by atoms with van der Waals surface area (Å²) in [5.41, 5.74) is 3.86.